The molecular weight excluding hydrogens is 202 g/mol. The van der Waals surface area contributed by atoms with Gasteiger partial charge in [-0.3, -0.25) is 15.2 Å². The molecule has 2 rings (SSSR count). The molecule has 0 atom stereocenters. The van der Waals surface area contributed by atoms with Crippen LogP contribution >= 0.6 is 0 Å². The predicted molar refractivity (Wildman–Crippen MR) is 47.1 cm³/mol. The third-order valence-corrected chi connectivity index (χ3v) is 1.96. The lowest BCUT2D eigenvalue weighted by molar-refractivity contribution is -0.384. The van der Waals surface area contributed by atoms with Gasteiger partial charge in [-0.2, -0.15) is 5.10 Å². The van der Waals surface area contributed by atoms with Gasteiger partial charge < -0.3 is 9.90 Å². The second-order valence-electron chi connectivity index (χ2n) is 2.87. The normalized spacial score (nSPS) is 10.4. The summed E-state index contributed by atoms with van der Waals surface area (Å²) in [6, 6.07) is 2.18. The maximum absolute atomic E-state index is 10.7. The van der Waals surface area contributed by atoms with Crippen LogP contribution in [0.5, 0.6) is 0 Å². The molecule has 0 saturated heterocycles. The number of benzene rings is 1. The molecular formula is C8H4N3O4-. The summed E-state index contributed by atoms with van der Waals surface area (Å²) in [6.07, 6.45) is 1.31. The highest BCUT2D eigenvalue weighted by Gasteiger charge is 2.13. The molecule has 1 N–H and O–H groups in total. The molecule has 0 unspecified atom stereocenters. The van der Waals surface area contributed by atoms with E-state index in [1.54, 1.807) is 0 Å². The highest BCUT2D eigenvalue weighted by molar-refractivity contribution is 6.01. The van der Waals surface area contributed by atoms with Gasteiger partial charge >= 0.3 is 0 Å². The summed E-state index contributed by atoms with van der Waals surface area (Å²) in [5.74, 6) is -1.48. The Kier molecular flexibility index (Phi) is 1.86. The zero-order chi connectivity index (χ0) is 11.0. The van der Waals surface area contributed by atoms with E-state index in [1.165, 1.54) is 12.3 Å². The zero-order valence-electron chi connectivity index (χ0n) is 7.26. The predicted octanol–water partition coefficient (Wildman–Crippen LogP) is -0.165. The molecule has 1 heterocycles. The number of hydrogen-bond acceptors (Lipinski definition) is 5. The molecule has 7 heteroatoms. The number of non-ortho nitro benzene ring substituents is 1. The molecule has 1 aromatic heterocycles. The molecule has 0 aliphatic heterocycles. The van der Waals surface area contributed by atoms with Gasteiger partial charge in [0.1, 0.15) is 0 Å². The SMILES string of the molecule is O=C([O-])c1cc([N+](=O)[O-])cc2cn[nH]c12. The Bertz CT molecular complexity index is 560. The maximum Gasteiger partial charge on any atom is 0.270 e. The van der Waals surface area contributed by atoms with E-state index < -0.39 is 10.9 Å². The Balaban J connectivity index is 2.80. The molecule has 0 amide bonds. The standard InChI is InChI=1S/C8H5N3O4/c12-8(13)6-2-5(11(14)15)1-4-3-9-10-7(4)6/h1-3H,(H,9,10)(H,12,13)/p-1. The number of rotatable bonds is 2. The molecule has 0 fully saturated rings. The van der Waals surface area contributed by atoms with Crippen LogP contribution in [0.3, 0.4) is 0 Å². The van der Waals surface area contributed by atoms with Crippen LogP contribution in [0.1, 0.15) is 10.4 Å². The largest absolute Gasteiger partial charge is 0.545 e. The van der Waals surface area contributed by atoms with E-state index in [0.29, 0.717) is 5.39 Å². The number of aromatic amines is 1. The van der Waals surface area contributed by atoms with Crippen LogP contribution in [0.2, 0.25) is 0 Å². The molecule has 2 aromatic rings. The number of hydrogen-bond donors (Lipinski definition) is 1. The number of carbonyl (C=O) groups excluding carboxylic acids is 1. The van der Waals surface area contributed by atoms with Gasteiger partial charge in [0, 0.05) is 23.1 Å². The number of aromatic carboxylic acids is 1. The first-order valence-corrected chi connectivity index (χ1v) is 3.92. The minimum Gasteiger partial charge on any atom is -0.545 e. The van der Waals surface area contributed by atoms with Gasteiger partial charge in [0.2, 0.25) is 0 Å². The van der Waals surface area contributed by atoms with Crippen molar-refractivity contribution in [1.82, 2.24) is 10.2 Å². The van der Waals surface area contributed by atoms with Crippen molar-refractivity contribution in [3.05, 3.63) is 34.0 Å². The summed E-state index contributed by atoms with van der Waals surface area (Å²) in [4.78, 5) is 20.5. The van der Waals surface area contributed by atoms with Gasteiger partial charge in [0.25, 0.3) is 5.69 Å². The number of nitro groups is 1. The van der Waals surface area contributed by atoms with Gasteiger partial charge in [-0.15, -0.1) is 0 Å². The first-order chi connectivity index (χ1) is 7.09. The van der Waals surface area contributed by atoms with Crippen molar-refractivity contribution in [2.75, 3.05) is 0 Å². The van der Waals surface area contributed by atoms with E-state index in [2.05, 4.69) is 10.2 Å². The van der Waals surface area contributed by atoms with E-state index in [1.807, 2.05) is 0 Å². The molecule has 0 radical (unpaired) electrons. The number of carboxylic acids is 1. The van der Waals surface area contributed by atoms with Gasteiger partial charge in [-0.05, 0) is 0 Å². The number of nitrogens with one attached hydrogen (secondary N) is 1. The molecule has 0 aliphatic rings. The number of aromatic nitrogens is 2. The molecule has 0 saturated carbocycles. The van der Waals surface area contributed by atoms with Crippen molar-refractivity contribution < 1.29 is 14.8 Å². The Labute approximate surface area is 82.5 Å². The summed E-state index contributed by atoms with van der Waals surface area (Å²) >= 11 is 0. The van der Waals surface area contributed by atoms with Crippen LogP contribution in [0.4, 0.5) is 5.69 Å². The third-order valence-electron chi connectivity index (χ3n) is 1.96. The van der Waals surface area contributed by atoms with Gasteiger partial charge in [-0.25, -0.2) is 0 Å². The van der Waals surface area contributed by atoms with Crippen molar-refractivity contribution in [3.8, 4) is 0 Å². The van der Waals surface area contributed by atoms with Crippen LogP contribution < -0.4 is 5.11 Å². The highest BCUT2D eigenvalue weighted by atomic mass is 16.6. The maximum atomic E-state index is 10.7. The van der Waals surface area contributed by atoms with E-state index in [-0.39, 0.29) is 16.8 Å². The van der Waals surface area contributed by atoms with Crippen molar-refractivity contribution in [2.24, 2.45) is 0 Å². The molecule has 0 bridgehead atoms. The lowest BCUT2D eigenvalue weighted by atomic mass is 10.1. The van der Waals surface area contributed by atoms with Crippen molar-refractivity contribution in [2.45, 2.75) is 0 Å². The highest BCUT2D eigenvalue weighted by Crippen LogP contribution is 2.22. The molecule has 0 aliphatic carbocycles. The van der Waals surface area contributed by atoms with Crippen LogP contribution in [0.25, 0.3) is 10.9 Å². The fourth-order valence-corrected chi connectivity index (χ4v) is 1.31. The van der Waals surface area contributed by atoms with Crippen molar-refractivity contribution in [3.63, 3.8) is 0 Å². The van der Waals surface area contributed by atoms with Crippen LogP contribution in [0, 0.1) is 10.1 Å². The number of nitrogens with zero attached hydrogens (tertiary/aromatic N) is 2. The number of carbonyl (C=O) groups is 1. The van der Waals surface area contributed by atoms with Gasteiger partial charge in [0.05, 0.1) is 22.6 Å². The fraction of sp³-hybridized carbons (Fsp3) is 0. The summed E-state index contributed by atoms with van der Waals surface area (Å²) < 4.78 is 0. The Hall–Kier alpha value is -2.44. The van der Waals surface area contributed by atoms with Crippen LogP contribution in [-0.2, 0) is 0 Å². The quantitative estimate of drug-likeness (QED) is 0.541. The second kappa shape index (κ2) is 3.05. The summed E-state index contributed by atoms with van der Waals surface area (Å²) in [7, 11) is 0. The molecule has 1 aromatic carbocycles. The van der Waals surface area contributed by atoms with Gasteiger partial charge in [-0.1, -0.05) is 0 Å². The number of nitro benzene ring substituents is 1. The summed E-state index contributed by atoms with van der Waals surface area (Å²) in [5, 5.41) is 27.6. The number of fused-ring (bicyclic) bond motifs is 1. The monoisotopic (exact) mass is 206 g/mol. The first-order valence-electron chi connectivity index (χ1n) is 3.92. The van der Waals surface area contributed by atoms with E-state index in [4.69, 9.17) is 0 Å². The topological polar surface area (TPSA) is 112 Å². The van der Waals surface area contributed by atoms with Crippen molar-refractivity contribution >= 4 is 22.6 Å². The Morgan fingerprint density at radius 1 is 1.47 bits per heavy atom. The number of H-pyrrole nitrogens is 1. The molecule has 15 heavy (non-hydrogen) atoms. The third kappa shape index (κ3) is 1.39. The molecule has 76 valence electrons. The zero-order valence-corrected chi connectivity index (χ0v) is 7.26. The fourth-order valence-electron chi connectivity index (χ4n) is 1.31. The van der Waals surface area contributed by atoms with Gasteiger partial charge in [0.15, 0.2) is 0 Å². The summed E-state index contributed by atoms with van der Waals surface area (Å²) in [5.41, 5.74) is -0.347. The number of carboxylic acid groups (broad SMARTS) is 1. The van der Waals surface area contributed by atoms with E-state index in [0.717, 1.165) is 6.07 Å². The minimum absolute atomic E-state index is 0.223. The molecule has 7 nitrogen and oxygen atoms in total. The molecule has 0 spiro atoms. The van der Waals surface area contributed by atoms with E-state index in [9.17, 15) is 20.0 Å². The minimum atomic E-state index is -1.48. The first kappa shape index (κ1) is 9.13. The lowest BCUT2D eigenvalue weighted by Gasteiger charge is -2.03. The van der Waals surface area contributed by atoms with E-state index >= 15 is 0 Å². The van der Waals surface area contributed by atoms with Crippen molar-refractivity contribution in [1.29, 1.82) is 0 Å². The second-order valence-corrected chi connectivity index (χ2v) is 2.87. The summed E-state index contributed by atoms with van der Waals surface area (Å²) in [6.45, 7) is 0. The lowest BCUT2D eigenvalue weighted by Crippen LogP contribution is -2.22. The van der Waals surface area contributed by atoms with Crippen LogP contribution in [0.15, 0.2) is 18.3 Å². The van der Waals surface area contributed by atoms with Crippen LogP contribution in [-0.4, -0.2) is 21.1 Å². The average molecular weight is 206 g/mol. The Morgan fingerprint density at radius 2 is 2.20 bits per heavy atom. The smallest absolute Gasteiger partial charge is 0.270 e. The Morgan fingerprint density at radius 3 is 2.80 bits per heavy atom. The average Bonchev–Trinajstić information content (AvgIpc) is 2.62.